The van der Waals surface area contributed by atoms with Gasteiger partial charge in [0.2, 0.25) is 0 Å². The average molecular weight is 570 g/mol. The van der Waals surface area contributed by atoms with E-state index >= 15 is 0 Å². The lowest BCUT2D eigenvalue weighted by atomic mass is 9.96. The SMILES string of the molecule is CCN1CCN(CCONC(=O)c2ccc(N/C(=C3/C(=O)Nc4cc(C(=O)O)c(C)cc43)c3ccccc3)cc2)CC1. The van der Waals surface area contributed by atoms with Crippen LogP contribution in [0.3, 0.4) is 0 Å². The minimum atomic E-state index is -1.05. The Morgan fingerprint density at radius 2 is 1.64 bits per heavy atom. The zero-order valence-corrected chi connectivity index (χ0v) is 23.8. The highest BCUT2D eigenvalue weighted by Gasteiger charge is 2.30. The van der Waals surface area contributed by atoms with Crippen molar-refractivity contribution in [3.8, 4) is 0 Å². The Labute approximate surface area is 244 Å². The Bertz CT molecular complexity index is 1500. The van der Waals surface area contributed by atoms with Gasteiger partial charge in [0.05, 0.1) is 29.1 Å². The van der Waals surface area contributed by atoms with Gasteiger partial charge in [-0.05, 0) is 61.0 Å². The maximum atomic E-state index is 13.2. The molecule has 0 aromatic heterocycles. The van der Waals surface area contributed by atoms with Gasteiger partial charge in [-0.15, -0.1) is 0 Å². The first-order chi connectivity index (χ1) is 20.3. The molecule has 2 heterocycles. The highest BCUT2D eigenvalue weighted by molar-refractivity contribution is 6.37. The summed E-state index contributed by atoms with van der Waals surface area (Å²) < 4.78 is 0. The van der Waals surface area contributed by atoms with E-state index in [1.807, 2.05) is 30.3 Å². The number of carbonyl (C=O) groups is 3. The van der Waals surface area contributed by atoms with E-state index in [2.05, 4.69) is 32.8 Å². The molecule has 3 aromatic rings. The standard InChI is InChI=1S/C32H35N5O5/c1-3-36-13-15-37(16-14-36)17-18-42-35-30(38)23-9-11-24(12-10-23)33-29(22-7-5-4-6-8-22)28-26-19-21(2)25(32(40)41)20-27(26)34-31(28)39/h4-12,19-20,33H,3,13-18H2,1-2H3,(H,34,39)(H,35,38)(H,40,41)/b29-28+. The van der Waals surface area contributed by atoms with Crippen molar-refractivity contribution >= 4 is 40.4 Å². The Balaban J connectivity index is 1.29. The van der Waals surface area contributed by atoms with E-state index in [4.69, 9.17) is 4.84 Å². The third-order valence-electron chi connectivity index (χ3n) is 7.65. The minimum Gasteiger partial charge on any atom is -0.478 e. The number of nitrogens with zero attached hydrogens (tertiary/aromatic N) is 2. The van der Waals surface area contributed by atoms with E-state index in [9.17, 15) is 19.5 Å². The van der Waals surface area contributed by atoms with Crippen molar-refractivity contribution in [2.45, 2.75) is 13.8 Å². The maximum absolute atomic E-state index is 13.2. The van der Waals surface area contributed by atoms with Crippen LogP contribution < -0.4 is 16.1 Å². The quantitative estimate of drug-likeness (QED) is 0.165. The highest BCUT2D eigenvalue weighted by Crippen LogP contribution is 2.39. The molecule has 0 unspecified atom stereocenters. The summed E-state index contributed by atoms with van der Waals surface area (Å²) in [5.41, 5.74) is 7.14. The fraction of sp³-hybridized carbons (Fsp3) is 0.281. The van der Waals surface area contributed by atoms with Gasteiger partial charge in [0, 0.05) is 49.5 Å². The van der Waals surface area contributed by atoms with Gasteiger partial charge in [-0.1, -0.05) is 37.3 Å². The number of hydrogen-bond acceptors (Lipinski definition) is 7. The molecular weight excluding hydrogens is 534 g/mol. The number of benzene rings is 3. The summed E-state index contributed by atoms with van der Waals surface area (Å²) in [4.78, 5) is 47.7. The molecule has 2 aliphatic rings. The molecule has 42 heavy (non-hydrogen) atoms. The summed E-state index contributed by atoms with van der Waals surface area (Å²) in [6.45, 7) is 10.2. The molecule has 0 atom stereocenters. The summed E-state index contributed by atoms with van der Waals surface area (Å²) in [5.74, 6) is -1.73. The molecule has 1 saturated heterocycles. The van der Waals surface area contributed by atoms with Crippen LogP contribution in [0.5, 0.6) is 0 Å². The Morgan fingerprint density at radius 3 is 2.31 bits per heavy atom. The van der Waals surface area contributed by atoms with Crippen LogP contribution in [-0.2, 0) is 9.63 Å². The number of carbonyl (C=O) groups excluding carboxylic acids is 2. The van der Waals surface area contributed by atoms with Crippen molar-refractivity contribution in [3.05, 3.63) is 94.5 Å². The second-order valence-corrected chi connectivity index (χ2v) is 10.3. The van der Waals surface area contributed by atoms with Crippen LogP contribution >= 0.6 is 0 Å². The molecule has 5 rings (SSSR count). The number of aryl methyl sites for hydroxylation is 1. The van der Waals surface area contributed by atoms with Crippen LogP contribution in [-0.4, -0.2) is 78.6 Å². The van der Waals surface area contributed by atoms with Crippen molar-refractivity contribution in [2.24, 2.45) is 0 Å². The van der Waals surface area contributed by atoms with Crippen molar-refractivity contribution in [1.82, 2.24) is 15.3 Å². The fourth-order valence-electron chi connectivity index (χ4n) is 5.22. The minimum absolute atomic E-state index is 0.136. The molecular formula is C32H35N5O5. The smallest absolute Gasteiger partial charge is 0.336 e. The predicted octanol–water partition coefficient (Wildman–Crippen LogP) is 3.92. The van der Waals surface area contributed by atoms with Gasteiger partial charge in [0.15, 0.2) is 0 Å². The summed E-state index contributed by atoms with van der Waals surface area (Å²) in [5, 5.41) is 15.7. The van der Waals surface area contributed by atoms with Gasteiger partial charge in [0.25, 0.3) is 11.8 Å². The number of nitrogens with one attached hydrogen (secondary N) is 3. The number of fused-ring (bicyclic) bond motifs is 1. The second-order valence-electron chi connectivity index (χ2n) is 10.3. The number of rotatable bonds is 10. The number of likely N-dealkylation sites (N-methyl/N-ethyl adjacent to an activating group) is 1. The van der Waals surface area contributed by atoms with Crippen LogP contribution in [0.15, 0.2) is 66.7 Å². The van der Waals surface area contributed by atoms with Gasteiger partial charge < -0.3 is 20.6 Å². The largest absolute Gasteiger partial charge is 0.478 e. The molecule has 218 valence electrons. The lowest BCUT2D eigenvalue weighted by Gasteiger charge is -2.33. The fourth-order valence-corrected chi connectivity index (χ4v) is 5.22. The number of anilines is 2. The topological polar surface area (TPSA) is 123 Å². The van der Waals surface area contributed by atoms with Crippen LogP contribution in [0.4, 0.5) is 11.4 Å². The Kier molecular flexibility index (Phi) is 8.97. The molecule has 0 aliphatic carbocycles. The first kappa shape index (κ1) is 29.0. The van der Waals surface area contributed by atoms with Gasteiger partial charge >= 0.3 is 5.97 Å². The van der Waals surface area contributed by atoms with Crippen LogP contribution in [0.1, 0.15) is 44.3 Å². The molecule has 0 radical (unpaired) electrons. The van der Waals surface area contributed by atoms with Crippen molar-refractivity contribution in [2.75, 3.05) is 56.5 Å². The molecule has 10 heteroatoms. The van der Waals surface area contributed by atoms with E-state index in [1.165, 1.54) is 6.07 Å². The first-order valence-corrected chi connectivity index (χ1v) is 14.1. The normalized spacial score (nSPS) is 16.5. The number of carboxylic acid groups (broad SMARTS) is 1. The van der Waals surface area contributed by atoms with Gasteiger partial charge in [-0.2, -0.15) is 0 Å². The van der Waals surface area contributed by atoms with Gasteiger partial charge in [-0.25, -0.2) is 10.3 Å². The molecule has 3 aromatic carbocycles. The lowest BCUT2D eigenvalue weighted by Crippen LogP contribution is -2.47. The van der Waals surface area contributed by atoms with Crippen molar-refractivity contribution < 1.29 is 24.3 Å². The van der Waals surface area contributed by atoms with E-state index in [0.29, 0.717) is 45.9 Å². The molecule has 0 spiro atoms. The molecule has 10 nitrogen and oxygen atoms in total. The number of piperazine rings is 1. The summed E-state index contributed by atoms with van der Waals surface area (Å²) in [7, 11) is 0. The Morgan fingerprint density at radius 1 is 0.952 bits per heavy atom. The molecule has 2 amide bonds. The van der Waals surface area contributed by atoms with E-state index < -0.39 is 5.97 Å². The number of carboxylic acids is 1. The average Bonchev–Trinajstić information content (AvgIpc) is 3.32. The summed E-state index contributed by atoms with van der Waals surface area (Å²) in [6.07, 6.45) is 0. The first-order valence-electron chi connectivity index (χ1n) is 14.1. The van der Waals surface area contributed by atoms with E-state index in [1.54, 1.807) is 37.3 Å². The van der Waals surface area contributed by atoms with Crippen molar-refractivity contribution in [1.29, 1.82) is 0 Å². The number of amides is 2. The second kappa shape index (κ2) is 13.0. The third kappa shape index (κ3) is 6.52. The zero-order valence-electron chi connectivity index (χ0n) is 23.8. The maximum Gasteiger partial charge on any atom is 0.336 e. The van der Waals surface area contributed by atoms with E-state index in [-0.39, 0.29) is 17.4 Å². The summed E-state index contributed by atoms with van der Waals surface area (Å²) >= 11 is 0. The summed E-state index contributed by atoms with van der Waals surface area (Å²) in [6, 6.07) is 19.5. The highest BCUT2D eigenvalue weighted by atomic mass is 16.7. The molecule has 4 N–H and O–H groups in total. The third-order valence-corrected chi connectivity index (χ3v) is 7.65. The molecule has 0 saturated carbocycles. The van der Waals surface area contributed by atoms with Crippen LogP contribution in [0.25, 0.3) is 11.3 Å². The molecule has 1 fully saturated rings. The monoisotopic (exact) mass is 569 g/mol. The number of aromatic carboxylic acids is 1. The lowest BCUT2D eigenvalue weighted by molar-refractivity contribution is -0.110. The van der Waals surface area contributed by atoms with E-state index in [0.717, 1.165) is 44.8 Å². The van der Waals surface area contributed by atoms with Gasteiger partial charge in [0.1, 0.15) is 0 Å². The van der Waals surface area contributed by atoms with Crippen LogP contribution in [0.2, 0.25) is 0 Å². The predicted molar refractivity (Wildman–Crippen MR) is 162 cm³/mol. The number of hydrogen-bond donors (Lipinski definition) is 4. The molecule has 2 aliphatic heterocycles. The van der Waals surface area contributed by atoms with Crippen molar-refractivity contribution in [3.63, 3.8) is 0 Å². The molecule has 0 bridgehead atoms. The zero-order chi connectivity index (χ0) is 29.6. The van der Waals surface area contributed by atoms with Crippen LogP contribution in [0, 0.1) is 6.92 Å². The Hall–Kier alpha value is -4.51. The number of hydroxylamine groups is 1. The van der Waals surface area contributed by atoms with Gasteiger partial charge in [-0.3, -0.25) is 19.3 Å².